The van der Waals surface area contributed by atoms with E-state index < -0.39 is 11.6 Å². The highest BCUT2D eigenvalue weighted by atomic mass is 79.9. The average molecular weight is 380 g/mol. The number of benzene rings is 1. The van der Waals surface area contributed by atoms with Crippen LogP contribution in [0.3, 0.4) is 0 Å². The number of halogens is 1. The molecule has 1 fully saturated rings. The van der Waals surface area contributed by atoms with Crippen molar-refractivity contribution in [1.82, 2.24) is 0 Å². The molecule has 7 nitrogen and oxygen atoms in total. The summed E-state index contributed by atoms with van der Waals surface area (Å²) >= 11 is 3.31. The van der Waals surface area contributed by atoms with Crippen molar-refractivity contribution < 1.29 is 9.90 Å². The second-order valence-corrected chi connectivity index (χ2v) is 6.64. The Morgan fingerprint density at radius 2 is 1.96 bits per heavy atom. The van der Waals surface area contributed by atoms with E-state index in [1.165, 1.54) is 0 Å². The topological polar surface area (TPSA) is 117 Å². The van der Waals surface area contributed by atoms with Crippen LogP contribution in [0.15, 0.2) is 32.7 Å². The van der Waals surface area contributed by atoms with Crippen LogP contribution in [0.25, 0.3) is 0 Å². The number of carboxylic acids is 1. The number of nitrogens with zero attached hydrogens (tertiary/aromatic N) is 3. The number of hydrogen-bond acceptors (Lipinski definition) is 6. The van der Waals surface area contributed by atoms with Crippen molar-refractivity contribution in [1.29, 1.82) is 0 Å². The van der Waals surface area contributed by atoms with E-state index in [1.54, 1.807) is 18.2 Å². The van der Waals surface area contributed by atoms with Crippen LogP contribution in [-0.2, 0) is 0 Å². The van der Waals surface area contributed by atoms with Crippen molar-refractivity contribution >= 4 is 39.5 Å². The van der Waals surface area contributed by atoms with Crippen LogP contribution in [0.4, 0.5) is 5.69 Å². The second kappa shape index (κ2) is 5.84. The number of guanidine groups is 2. The van der Waals surface area contributed by atoms with Gasteiger partial charge in [0.15, 0.2) is 0 Å². The number of anilines is 1. The molecule has 1 saturated carbocycles. The van der Waals surface area contributed by atoms with Crippen molar-refractivity contribution in [3.63, 3.8) is 0 Å². The molecule has 0 aromatic heterocycles. The highest BCUT2D eigenvalue weighted by Gasteiger charge is 2.42. The van der Waals surface area contributed by atoms with Crippen LogP contribution in [0.1, 0.15) is 42.5 Å². The second-order valence-electron chi connectivity index (χ2n) is 5.79. The van der Waals surface area contributed by atoms with E-state index in [2.05, 4.69) is 25.9 Å². The van der Waals surface area contributed by atoms with Gasteiger partial charge in [-0.1, -0.05) is 6.42 Å². The van der Waals surface area contributed by atoms with E-state index in [1.807, 2.05) is 4.90 Å². The lowest BCUT2D eigenvalue weighted by molar-refractivity contribution is 0.0696. The number of nitrogens with two attached hydrogens (primary N) is 2. The molecule has 1 aliphatic carbocycles. The summed E-state index contributed by atoms with van der Waals surface area (Å²) in [5, 5.41) is 9.17. The van der Waals surface area contributed by atoms with Gasteiger partial charge in [0, 0.05) is 10.2 Å². The minimum Gasteiger partial charge on any atom is -0.478 e. The van der Waals surface area contributed by atoms with Crippen molar-refractivity contribution in [2.75, 3.05) is 4.90 Å². The highest BCUT2D eigenvalue weighted by molar-refractivity contribution is 9.10. The smallest absolute Gasteiger partial charge is 0.336 e. The lowest BCUT2D eigenvalue weighted by Crippen LogP contribution is -2.58. The van der Waals surface area contributed by atoms with Gasteiger partial charge in [-0.25, -0.2) is 9.79 Å². The van der Waals surface area contributed by atoms with Gasteiger partial charge in [-0.05, 0) is 59.8 Å². The Labute approximate surface area is 142 Å². The molecule has 1 heterocycles. The standard InChI is InChI=1S/C15H18BrN5O2/c16-11-8-9(4-5-10(11)12(22)23)21-14(18)19-13(17)20-15(21)6-2-1-3-7-15/h4-5,8H,1-3,6-7H2,(H,22,23)(H4,17,18,19,20). The minimum atomic E-state index is -0.988. The van der Waals surface area contributed by atoms with Crippen LogP contribution in [0.5, 0.6) is 0 Å². The molecule has 0 bridgehead atoms. The van der Waals surface area contributed by atoms with E-state index in [0.717, 1.165) is 37.8 Å². The third kappa shape index (κ3) is 2.78. The number of aromatic carboxylic acids is 1. The molecule has 1 aromatic carbocycles. The van der Waals surface area contributed by atoms with Crippen LogP contribution < -0.4 is 16.4 Å². The van der Waals surface area contributed by atoms with Gasteiger partial charge in [-0.15, -0.1) is 0 Å². The predicted octanol–water partition coefficient (Wildman–Crippen LogP) is 2.26. The zero-order valence-corrected chi connectivity index (χ0v) is 14.1. The van der Waals surface area contributed by atoms with Crippen LogP contribution in [-0.4, -0.2) is 28.7 Å². The first-order valence-electron chi connectivity index (χ1n) is 7.45. The van der Waals surface area contributed by atoms with E-state index in [4.69, 9.17) is 16.6 Å². The van der Waals surface area contributed by atoms with E-state index >= 15 is 0 Å². The Bertz CT molecular complexity index is 710. The Balaban J connectivity index is 2.07. The zero-order valence-electron chi connectivity index (χ0n) is 12.5. The molecule has 23 heavy (non-hydrogen) atoms. The van der Waals surface area contributed by atoms with Crippen molar-refractivity contribution in [3.05, 3.63) is 28.2 Å². The molecular formula is C15H18BrN5O2. The molecule has 2 aliphatic rings. The Morgan fingerprint density at radius 3 is 2.57 bits per heavy atom. The first-order chi connectivity index (χ1) is 10.9. The first-order valence-corrected chi connectivity index (χ1v) is 8.25. The zero-order chi connectivity index (χ0) is 16.6. The SMILES string of the molecule is NC1=NC2(CCCCC2)N(c2ccc(C(=O)O)c(Br)c2)C(N)=N1. The molecule has 0 saturated heterocycles. The summed E-state index contributed by atoms with van der Waals surface area (Å²) in [4.78, 5) is 21.7. The summed E-state index contributed by atoms with van der Waals surface area (Å²) in [5.41, 5.74) is 12.4. The molecular weight excluding hydrogens is 362 g/mol. The summed E-state index contributed by atoms with van der Waals surface area (Å²) < 4.78 is 0.490. The first kappa shape index (κ1) is 15.8. The molecule has 0 atom stereocenters. The number of aliphatic imine (C=N–C) groups is 2. The number of carboxylic acid groups (broad SMARTS) is 1. The number of hydrogen-bond donors (Lipinski definition) is 3. The van der Waals surface area contributed by atoms with E-state index in [9.17, 15) is 4.79 Å². The van der Waals surface area contributed by atoms with Crippen LogP contribution >= 0.6 is 15.9 Å². The van der Waals surface area contributed by atoms with Gasteiger partial charge < -0.3 is 16.6 Å². The van der Waals surface area contributed by atoms with Gasteiger partial charge in [0.2, 0.25) is 11.9 Å². The maximum atomic E-state index is 11.2. The molecule has 122 valence electrons. The quantitative estimate of drug-likeness (QED) is 0.728. The van der Waals surface area contributed by atoms with E-state index in [-0.39, 0.29) is 17.5 Å². The Morgan fingerprint density at radius 1 is 1.26 bits per heavy atom. The van der Waals surface area contributed by atoms with Crippen LogP contribution in [0.2, 0.25) is 0 Å². The summed E-state index contributed by atoms with van der Waals surface area (Å²) in [6.07, 6.45) is 4.90. The molecule has 5 N–H and O–H groups in total. The number of rotatable bonds is 2. The Hall–Kier alpha value is -2.09. The lowest BCUT2D eigenvalue weighted by atomic mass is 9.87. The van der Waals surface area contributed by atoms with Gasteiger partial charge in [-0.3, -0.25) is 4.90 Å². The molecule has 1 aromatic rings. The highest BCUT2D eigenvalue weighted by Crippen LogP contribution is 2.40. The lowest BCUT2D eigenvalue weighted by Gasteiger charge is -2.45. The maximum Gasteiger partial charge on any atom is 0.336 e. The van der Waals surface area contributed by atoms with Crippen molar-refractivity contribution in [2.24, 2.45) is 21.5 Å². The summed E-state index contributed by atoms with van der Waals surface area (Å²) in [7, 11) is 0. The average Bonchev–Trinajstić information content (AvgIpc) is 2.46. The minimum absolute atomic E-state index is 0.196. The molecule has 0 radical (unpaired) electrons. The number of carbonyl (C=O) groups is 1. The van der Waals surface area contributed by atoms with Gasteiger partial charge in [0.1, 0.15) is 5.66 Å². The normalized spacial score (nSPS) is 20.1. The van der Waals surface area contributed by atoms with Crippen LogP contribution in [0, 0.1) is 0 Å². The predicted molar refractivity (Wildman–Crippen MR) is 92.6 cm³/mol. The van der Waals surface area contributed by atoms with Crippen molar-refractivity contribution in [2.45, 2.75) is 37.8 Å². The largest absolute Gasteiger partial charge is 0.478 e. The van der Waals surface area contributed by atoms with Crippen molar-refractivity contribution in [3.8, 4) is 0 Å². The van der Waals surface area contributed by atoms with Gasteiger partial charge in [0.05, 0.1) is 5.56 Å². The molecule has 8 heteroatoms. The van der Waals surface area contributed by atoms with Gasteiger partial charge in [0.25, 0.3) is 0 Å². The summed E-state index contributed by atoms with van der Waals surface area (Å²) in [5.74, 6) is -0.505. The van der Waals surface area contributed by atoms with E-state index in [0.29, 0.717) is 4.47 Å². The monoisotopic (exact) mass is 379 g/mol. The molecule has 1 aliphatic heterocycles. The molecule has 0 amide bonds. The summed E-state index contributed by atoms with van der Waals surface area (Å²) in [6, 6.07) is 5.01. The van der Waals surface area contributed by atoms with Gasteiger partial charge in [-0.2, -0.15) is 4.99 Å². The third-order valence-corrected chi connectivity index (χ3v) is 4.95. The fraction of sp³-hybridized carbons (Fsp3) is 0.400. The third-order valence-electron chi connectivity index (χ3n) is 4.29. The molecule has 0 unspecified atom stereocenters. The maximum absolute atomic E-state index is 11.2. The Kier molecular flexibility index (Phi) is 4.01. The molecule has 1 spiro atoms. The molecule has 3 rings (SSSR count). The fourth-order valence-corrected chi connectivity index (χ4v) is 3.85. The van der Waals surface area contributed by atoms with Gasteiger partial charge >= 0.3 is 5.97 Å². The summed E-state index contributed by atoms with van der Waals surface area (Å²) in [6.45, 7) is 0. The fourth-order valence-electron chi connectivity index (χ4n) is 3.31.